The van der Waals surface area contributed by atoms with E-state index in [9.17, 15) is 19.5 Å². The Morgan fingerprint density at radius 1 is 1.14 bits per heavy atom. The summed E-state index contributed by atoms with van der Waals surface area (Å²) in [5.74, 6) is -0.723. The molecule has 0 saturated heterocycles. The van der Waals surface area contributed by atoms with Gasteiger partial charge in [0.2, 0.25) is 11.8 Å². The lowest BCUT2D eigenvalue weighted by atomic mass is 9.97. The number of hydrogen-bond acceptors (Lipinski definition) is 5. The first-order chi connectivity index (χ1) is 13.8. The molecule has 8 heteroatoms. The smallest absolute Gasteiger partial charge is 0.272 e. The number of carbonyl (C=O) groups is 2. The van der Waals surface area contributed by atoms with Crippen molar-refractivity contribution < 1.29 is 14.7 Å². The van der Waals surface area contributed by atoms with Crippen molar-refractivity contribution in [3.8, 4) is 0 Å². The predicted molar refractivity (Wildman–Crippen MR) is 111 cm³/mol. The summed E-state index contributed by atoms with van der Waals surface area (Å²) in [6.45, 7) is 7.47. The lowest BCUT2D eigenvalue weighted by Crippen LogP contribution is -2.54. The van der Waals surface area contributed by atoms with E-state index in [1.165, 1.54) is 0 Å². The van der Waals surface area contributed by atoms with Gasteiger partial charge in [0.15, 0.2) is 0 Å². The number of aliphatic hydroxyl groups excluding tert-OH is 1. The molecule has 3 unspecified atom stereocenters. The second-order valence-electron chi connectivity index (χ2n) is 7.69. The molecule has 1 aromatic carbocycles. The molecule has 3 atom stereocenters. The van der Waals surface area contributed by atoms with Crippen LogP contribution in [0.3, 0.4) is 0 Å². The van der Waals surface area contributed by atoms with Crippen LogP contribution in [0.15, 0.2) is 29.1 Å². The van der Waals surface area contributed by atoms with E-state index in [2.05, 4.69) is 20.8 Å². The Labute approximate surface area is 170 Å². The molecule has 4 N–H and O–H groups in total. The number of aliphatic hydroxyl groups is 1. The third kappa shape index (κ3) is 5.63. The molecule has 0 aliphatic carbocycles. The predicted octanol–water partition coefficient (Wildman–Crippen LogP) is 1.13. The number of fused-ring (bicyclic) bond motifs is 1. The van der Waals surface area contributed by atoms with Crippen molar-refractivity contribution in [3.05, 3.63) is 40.3 Å². The number of carbonyl (C=O) groups excluding carboxylic acids is 2. The van der Waals surface area contributed by atoms with E-state index in [4.69, 9.17) is 0 Å². The summed E-state index contributed by atoms with van der Waals surface area (Å²) in [6.07, 6.45) is 0.748. The first-order valence-electron chi connectivity index (χ1n) is 9.95. The van der Waals surface area contributed by atoms with E-state index < -0.39 is 6.04 Å². The van der Waals surface area contributed by atoms with Crippen molar-refractivity contribution >= 4 is 22.6 Å². The normalized spacial score (nSPS) is 14.4. The Bertz CT molecular complexity index is 909. The van der Waals surface area contributed by atoms with Crippen LogP contribution < -0.4 is 16.2 Å². The standard InChI is InChI=1S/C21H30N4O4/c1-5-13(4)17(11-26)22-21(29)19(12(2)3)23-18(27)10-16-14-8-6-7-9-15(14)20(28)25-24-16/h6-9,12-13,17,19,26H,5,10-11H2,1-4H3,(H,22,29)(H,23,27)(H,25,28). The Morgan fingerprint density at radius 2 is 1.79 bits per heavy atom. The highest BCUT2D eigenvalue weighted by atomic mass is 16.3. The van der Waals surface area contributed by atoms with Gasteiger partial charge in [-0.1, -0.05) is 52.3 Å². The number of aromatic nitrogens is 2. The third-order valence-corrected chi connectivity index (χ3v) is 5.22. The minimum absolute atomic E-state index is 0.0669. The number of benzene rings is 1. The SMILES string of the molecule is CCC(C)C(CO)NC(=O)C(NC(=O)Cc1n[nH]c(=O)c2ccccc12)C(C)C. The minimum Gasteiger partial charge on any atom is -0.394 e. The van der Waals surface area contributed by atoms with Gasteiger partial charge in [-0.3, -0.25) is 14.4 Å². The largest absolute Gasteiger partial charge is 0.394 e. The molecule has 2 rings (SSSR count). The van der Waals surface area contributed by atoms with Gasteiger partial charge in [-0.15, -0.1) is 0 Å². The minimum atomic E-state index is -0.741. The molecule has 29 heavy (non-hydrogen) atoms. The van der Waals surface area contributed by atoms with Gasteiger partial charge in [0.05, 0.1) is 30.1 Å². The van der Waals surface area contributed by atoms with Crippen molar-refractivity contribution in [1.82, 2.24) is 20.8 Å². The molecule has 158 valence electrons. The van der Waals surface area contributed by atoms with Gasteiger partial charge >= 0.3 is 0 Å². The summed E-state index contributed by atoms with van der Waals surface area (Å²) in [4.78, 5) is 37.2. The van der Waals surface area contributed by atoms with Crippen molar-refractivity contribution in [2.75, 3.05) is 6.61 Å². The molecule has 2 aromatic rings. The van der Waals surface area contributed by atoms with Crippen LogP contribution in [0.25, 0.3) is 10.8 Å². The van der Waals surface area contributed by atoms with Crippen LogP contribution in [0.5, 0.6) is 0 Å². The summed E-state index contributed by atoms with van der Waals surface area (Å²) in [6, 6.07) is 5.83. The van der Waals surface area contributed by atoms with Crippen molar-refractivity contribution in [2.45, 2.75) is 52.6 Å². The number of H-pyrrole nitrogens is 1. The van der Waals surface area contributed by atoms with Crippen LogP contribution >= 0.6 is 0 Å². The zero-order valence-electron chi connectivity index (χ0n) is 17.4. The topological polar surface area (TPSA) is 124 Å². The van der Waals surface area contributed by atoms with Gasteiger partial charge in [-0.2, -0.15) is 5.10 Å². The molecule has 1 heterocycles. The molecular weight excluding hydrogens is 372 g/mol. The van der Waals surface area contributed by atoms with Gasteiger partial charge in [0.1, 0.15) is 6.04 Å². The van der Waals surface area contributed by atoms with Crippen LogP contribution in [-0.4, -0.2) is 45.8 Å². The Kier molecular flexibility index (Phi) is 7.90. The van der Waals surface area contributed by atoms with Crippen LogP contribution in [0.1, 0.15) is 39.8 Å². The van der Waals surface area contributed by atoms with Crippen molar-refractivity contribution in [1.29, 1.82) is 0 Å². The van der Waals surface area contributed by atoms with Crippen LogP contribution in [-0.2, 0) is 16.0 Å². The highest BCUT2D eigenvalue weighted by Crippen LogP contribution is 2.13. The molecule has 0 aliphatic rings. The fourth-order valence-corrected chi connectivity index (χ4v) is 3.14. The molecule has 8 nitrogen and oxygen atoms in total. The Hall–Kier alpha value is -2.74. The maximum atomic E-state index is 12.7. The fraction of sp³-hybridized carbons (Fsp3) is 0.524. The van der Waals surface area contributed by atoms with Gasteiger partial charge in [-0.05, 0) is 17.9 Å². The monoisotopic (exact) mass is 402 g/mol. The van der Waals surface area contributed by atoms with Crippen LogP contribution in [0.2, 0.25) is 0 Å². The highest BCUT2D eigenvalue weighted by molar-refractivity contribution is 5.91. The Balaban J connectivity index is 2.13. The van der Waals surface area contributed by atoms with E-state index in [1.807, 2.05) is 27.7 Å². The summed E-state index contributed by atoms with van der Waals surface area (Å²) in [5.41, 5.74) is 0.123. The maximum Gasteiger partial charge on any atom is 0.272 e. The van der Waals surface area contributed by atoms with Crippen molar-refractivity contribution in [3.63, 3.8) is 0 Å². The molecule has 1 aromatic heterocycles. The summed E-state index contributed by atoms with van der Waals surface area (Å²) >= 11 is 0. The van der Waals surface area contributed by atoms with Gasteiger partial charge < -0.3 is 15.7 Å². The number of hydrogen-bond donors (Lipinski definition) is 4. The number of rotatable bonds is 9. The van der Waals surface area contributed by atoms with E-state index in [0.29, 0.717) is 16.5 Å². The van der Waals surface area contributed by atoms with E-state index in [-0.39, 0.29) is 48.3 Å². The van der Waals surface area contributed by atoms with E-state index in [1.54, 1.807) is 24.3 Å². The first kappa shape index (κ1) is 22.5. The zero-order chi connectivity index (χ0) is 21.6. The van der Waals surface area contributed by atoms with E-state index in [0.717, 1.165) is 6.42 Å². The average molecular weight is 402 g/mol. The van der Waals surface area contributed by atoms with E-state index >= 15 is 0 Å². The second kappa shape index (κ2) is 10.2. The molecular formula is C21H30N4O4. The number of nitrogens with zero attached hydrogens (tertiary/aromatic N) is 1. The zero-order valence-corrected chi connectivity index (χ0v) is 17.4. The molecule has 2 amide bonds. The molecule has 0 fully saturated rings. The lowest BCUT2D eigenvalue weighted by molar-refractivity contribution is -0.130. The fourth-order valence-electron chi connectivity index (χ4n) is 3.14. The quantitative estimate of drug-likeness (QED) is 0.500. The molecule has 0 radical (unpaired) electrons. The summed E-state index contributed by atoms with van der Waals surface area (Å²) in [5, 5.41) is 22.6. The summed E-state index contributed by atoms with van der Waals surface area (Å²) < 4.78 is 0. The Morgan fingerprint density at radius 3 is 2.38 bits per heavy atom. The number of nitrogens with one attached hydrogen (secondary N) is 3. The highest BCUT2D eigenvalue weighted by Gasteiger charge is 2.27. The summed E-state index contributed by atoms with van der Waals surface area (Å²) in [7, 11) is 0. The first-order valence-corrected chi connectivity index (χ1v) is 9.95. The number of aromatic amines is 1. The van der Waals surface area contributed by atoms with Crippen LogP contribution in [0.4, 0.5) is 0 Å². The molecule has 0 aliphatic heterocycles. The molecule has 0 bridgehead atoms. The third-order valence-electron chi connectivity index (χ3n) is 5.22. The van der Waals surface area contributed by atoms with Gasteiger partial charge in [0.25, 0.3) is 5.56 Å². The molecule has 0 saturated carbocycles. The van der Waals surface area contributed by atoms with Crippen LogP contribution in [0, 0.1) is 11.8 Å². The number of amides is 2. The second-order valence-corrected chi connectivity index (χ2v) is 7.69. The average Bonchev–Trinajstić information content (AvgIpc) is 2.71. The molecule has 0 spiro atoms. The maximum absolute atomic E-state index is 12.7. The van der Waals surface area contributed by atoms with Gasteiger partial charge in [0, 0.05) is 5.39 Å². The lowest BCUT2D eigenvalue weighted by Gasteiger charge is -2.27. The van der Waals surface area contributed by atoms with Gasteiger partial charge in [-0.25, -0.2) is 5.10 Å². The van der Waals surface area contributed by atoms with Crippen molar-refractivity contribution in [2.24, 2.45) is 11.8 Å².